The molecule has 5 heteroatoms. The molecule has 1 saturated heterocycles. The average molecular weight is 285 g/mol. The first-order chi connectivity index (χ1) is 10.3. The lowest BCUT2D eigenvalue weighted by Crippen LogP contribution is -2.33. The molecule has 0 spiro atoms. The molecule has 1 aromatic carbocycles. The summed E-state index contributed by atoms with van der Waals surface area (Å²) in [6.45, 7) is 3.42. The van der Waals surface area contributed by atoms with E-state index in [1.165, 1.54) is 4.57 Å². The summed E-state index contributed by atoms with van der Waals surface area (Å²) in [4.78, 5) is 18.3. The van der Waals surface area contributed by atoms with Crippen LogP contribution in [0.4, 0.5) is 4.79 Å². The number of rotatable bonds is 3. The van der Waals surface area contributed by atoms with Gasteiger partial charge in [-0.2, -0.15) is 0 Å². The summed E-state index contributed by atoms with van der Waals surface area (Å²) in [7, 11) is 0. The average Bonchev–Trinajstić information content (AvgIpc) is 3.19. The quantitative estimate of drug-likeness (QED) is 0.870. The van der Waals surface area contributed by atoms with Crippen molar-refractivity contribution in [2.24, 2.45) is 0 Å². The Labute approximate surface area is 124 Å². The molecule has 1 fully saturated rings. The number of ether oxygens (including phenoxy) is 1. The number of aromatic nitrogens is 2. The fourth-order valence-electron chi connectivity index (χ4n) is 2.82. The minimum Gasteiger partial charge on any atom is -0.494 e. The lowest BCUT2D eigenvalue weighted by Gasteiger charge is -2.25. The molecule has 1 amide bonds. The van der Waals surface area contributed by atoms with E-state index in [2.05, 4.69) is 17.1 Å². The molecule has 1 aliphatic rings. The van der Waals surface area contributed by atoms with Gasteiger partial charge in [0.25, 0.3) is 0 Å². The Bertz CT molecular complexity index is 592. The van der Waals surface area contributed by atoms with E-state index >= 15 is 0 Å². The van der Waals surface area contributed by atoms with E-state index in [-0.39, 0.29) is 12.1 Å². The van der Waals surface area contributed by atoms with Crippen molar-refractivity contribution in [1.29, 1.82) is 0 Å². The second kappa shape index (κ2) is 5.99. The fraction of sp³-hybridized carbons (Fsp3) is 0.375. The van der Waals surface area contributed by atoms with Gasteiger partial charge in [0.1, 0.15) is 12.1 Å². The number of carbonyl (C=O) groups excluding carboxylic acids is 1. The zero-order valence-electron chi connectivity index (χ0n) is 12.1. The van der Waals surface area contributed by atoms with Crippen LogP contribution in [0.25, 0.3) is 0 Å². The summed E-state index contributed by atoms with van der Waals surface area (Å²) >= 11 is 0. The van der Waals surface area contributed by atoms with Crippen LogP contribution in [-0.2, 0) is 0 Å². The van der Waals surface area contributed by atoms with E-state index in [4.69, 9.17) is 4.74 Å². The standard InChI is InChI=1S/C16H19N3O2/c1-2-21-14-7-5-13(6-8-14)15-4-3-10-19(15)16(20)18-11-9-17-12-18/h5-9,11-12,15H,2-4,10H2,1H3. The number of amides is 1. The number of benzene rings is 1. The minimum atomic E-state index is -0.0103. The van der Waals surface area contributed by atoms with Gasteiger partial charge in [-0.3, -0.25) is 4.57 Å². The fourth-order valence-corrected chi connectivity index (χ4v) is 2.82. The van der Waals surface area contributed by atoms with Crippen molar-refractivity contribution in [2.45, 2.75) is 25.8 Å². The maximum absolute atomic E-state index is 12.5. The predicted molar refractivity (Wildman–Crippen MR) is 79.3 cm³/mol. The number of hydrogen-bond acceptors (Lipinski definition) is 3. The highest BCUT2D eigenvalue weighted by molar-refractivity contribution is 5.77. The summed E-state index contributed by atoms with van der Waals surface area (Å²) in [5, 5.41) is 0. The molecule has 5 nitrogen and oxygen atoms in total. The Morgan fingerprint density at radius 3 is 2.86 bits per heavy atom. The van der Waals surface area contributed by atoms with Crippen molar-refractivity contribution in [1.82, 2.24) is 14.5 Å². The summed E-state index contributed by atoms with van der Waals surface area (Å²) in [6, 6.07) is 8.16. The molecule has 2 aromatic rings. The van der Waals surface area contributed by atoms with Gasteiger partial charge in [0.15, 0.2) is 0 Å². The lowest BCUT2D eigenvalue weighted by atomic mass is 10.0. The topological polar surface area (TPSA) is 47.4 Å². The Morgan fingerprint density at radius 1 is 1.38 bits per heavy atom. The maximum atomic E-state index is 12.5. The molecule has 21 heavy (non-hydrogen) atoms. The van der Waals surface area contributed by atoms with E-state index in [0.29, 0.717) is 6.61 Å². The van der Waals surface area contributed by atoms with Crippen molar-refractivity contribution in [3.05, 3.63) is 48.5 Å². The van der Waals surface area contributed by atoms with Gasteiger partial charge in [-0.1, -0.05) is 12.1 Å². The lowest BCUT2D eigenvalue weighted by molar-refractivity contribution is 0.194. The highest BCUT2D eigenvalue weighted by atomic mass is 16.5. The normalized spacial score (nSPS) is 18.0. The molecule has 0 radical (unpaired) electrons. The first-order valence-electron chi connectivity index (χ1n) is 7.31. The zero-order valence-corrected chi connectivity index (χ0v) is 12.1. The van der Waals surface area contributed by atoms with Crippen molar-refractivity contribution in [3.63, 3.8) is 0 Å². The molecule has 0 aliphatic carbocycles. The SMILES string of the molecule is CCOc1ccc(C2CCCN2C(=O)n2ccnc2)cc1. The molecule has 0 bridgehead atoms. The van der Waals surface area contributed by atoms with Crippen LogP contribution < -0.4 is 4.74 Å². The number of nitrogens with zero attached hydrogens (tertiary/aromatic N) is 3. The van der Waals surface area contributed by atoms with Crippen LogP contribution in [0.2, 0.25) is 0 Å². The second-order valence-corrected chi connectivity index (χ2v) is 5.11. The molecular weight excluding hydrogens is 266 g/mol. The van der Waals surface area contributed by atoms with E-state index in [1.807, 2.05) is 24.0 Å². The van der Waals surface area contributed by atoms with Gasteiger partial charge in [0.05, 0.1) is 12.6 Å². The van der Waals surface area contributed by atoms with Gasteiger partial charge < -0.3 is 9.64 Å². The van der Waals surface area contributed by atoms with Crippen LogP contribution >= 0.6 is 0 Å². The van der Waals surface area contributed by atoms with E-state index in [9.17, 15) is 4.79 Å². The third-order valence-corrected chi connectivity index (χ3v) is 3.80. The van der Waals surface area contributed by atoms with Crippen LogP contribution in [0, 0.1) is 0 Å². The van der Waals surface area contributed by atoms with Gasteiger partial charge >= 0.3 is 6.03 Å². The molecule has 2 heterocycles. The van der Waals surface area contributed by atoms with Gasteiger partial charge in [-0.05, 0) is 37.5 Å². The van der Waals surface area contributed by atoms with Crippen LogP contribution in [0.1, 0.15) is 31.4 Å². The van der Waals surface area contributed by atoms with Gasteiger partial charge in [-0.15, -0.1) is 0 Å². The van der Waals surface area contributed by atoms with Gasteiger partial charge in [0, 0.05) is 18.9 Å². The molecule has 1 aliphatic heterocycles. The van der Waals surface area contributed by atoms with E-state index in [1.54, 1.807) is 18.7 Å². The smallest absolute Gasteiger partial charge is 0.329 e. The summed E-state index contributed by atoms with van der Waals surface area (Å²) in [5.74, 6) is 0.867. The number of carbonyl (C=O) groups is 1. The van der Waals surface area contributed by atoms with E-state index < -0.39 is 0 Å². The summed E-state index contributed by atoms with van der Waals surface area (Å²) in [6.07, 6.45) is 6.89. The number of likely N-dealkylation sites (tertiary alicyclic amines) is 1. The Balaban J connectivity index is 1.79. The first-order valence-corrected chi connectivity index (χ1v) is 7.31. The molecule has 1 atom stereocenters. The Morgan fingerprint density at radius 2 is 2.19 bits per heavy atom. The monoisotopic (exact) mass is 285 g/mol. The molecule has 110 valence electrons. The summed E-state index contributed by atoms with van der Waals surface area (Å²) < 4.78 is 7.00. The van der Waals surface area contributed by atoms with Gasteiger partial charge in [-0.25, -0.2) is 9.78 Å². The number of imidazole rings is 1. The summed E-state index contributed by atoms with van der Waals surface area (Å²) in [5.41, 5.74) is 1.16. The van der Waals surface area contributed by atoms with Crippen LogP contribution in [0.5, 0.6) is 5.75 Å². The Kier molecular flexibility index (Phi) is 3.90. The largest absolute Gasteiger partial charge is 0.494 e. The zero-order chi connectivity index (χ0) is 14.7. The molecular formula is C16H19N3O2. The molecule has 0 saturated carbocycles. The third kappa shape index (κ3) is 2.77. The molecule has 1 aromatic heterocycles. The van der Waals surface area contributed by atoms with Crippen LogP contribution in [-0.4, -0.2) is 33.6 Å². The first kappa shape index (κ1) is 13.7. The number of hydrogen-bond donors (Lipinski definition) is 0. The second-order valence-electron chi connectivity index (χ2n) is 5.11. The van der Waals surface area contributed by atoms with Crippen LogP contribution in [0.3, 0.4) is 0 Å². The van der Waals surface area contributed by atoms with Crippen molar-refractivity contribution in [3.8, 4) is 5.75 Å². The Hall–Kier alpha value is -2.30. The van der Waals surface area contributed by atoms with Crippen molar-refractivity contribution >= 4 is 6.03 Å². The molecule has 1 unspecified atom stereocenters. The molecule has 0 N–H and O–H groups in total. The van der Waals surface area contributed by atoms with Crippen LogP contribution in [0.15, 0.2) is 43.0 Å². The highest BCUT2D eigenvalue weighted by Crippen LogP contribution is 2.33. The molecule has 3 rings (SSSR count). The third-order valence-electron chi connectivity index (χ3n) is 3.80. The van der Waals surface area contributed by atoms with Crippen molar-refractivity contribution in [2.75, 3.05) is 13.2 Å². The van der Waals surface area contributed by atoms with Gasteiger partial charge in [0.2, 0.25) is 0 Å². The maximum Gasteiger partial charge on any atom is 0.329 e. The highest BCUT2D eigenvalue weighted by Gasteiger charge is 2.30. The minimum absolute atomic E-state index is 0.0103. The van der Waals surface area contributed by atoms with Crippen molar-refractivity contribution < 1.29 is 9.53 Å². The predicted octanol–water partition coefficient (Wildman–Crippen LogP) is 3.09. The van der Waals surface area contributed by atoms with E-state index in [0.717, 1.165) is 30.7 Å².